The number of nitrogens with one attached hydrogen (secondary N) is 1. The molecule has 0 atom stereocenters. The number of allylic oxidation sites excluding steroid dienone is 1. The van der Waals surface area contributed by atoms with Crippen LogP contribution in [0.3, 0.4) is 0 Å². The zero-order valence-corrected chi connectivity index (χ0v) is 7.39. The Kier molecular flexibility index (Phi) is 2.38. The Balaban J connectivity index is 3.12. The first kappa shape index (κ1) is 8.65. The molecule has 1 rings (SSSR count). The molecule has 2 nitrogen and oxygen atoms in total. The fraction of sp³-hybridized carbons (Fsp3) is 0.200. The van der Waals surface area contributed by atoms with Crippen LogP contribution in [-0.2, 0) is 0 Å². The van der Waals surface area contributed by atoms with Gasteiger partial charge in [0.1, 0.15) is 0 Å². The van der Waals surface area contributed by atoms with Crippen LogP contribution in [0.4, 0.5) is 0 Å². The minimum Gasteiger partial charge on any atom is -0.303 e. The first-order chi connectivity index (χ1) is 5.61. The highest BCUT2D eigenvalue weighted by molar-refractivity contribution is 5.94. The van der Waals surface area contributed by atoms with Crippen LogP contribution in [0.2, 0.25) is 0 Å². The largest absolute Gasteiger partial charge is 0.303 e. The van der Waals surface area contributed by atoms with E-state index in [4.69, 9.17) is 5.41 Å². The van der Waals surface area contributed by atoms with E-state index in [1.807, 2.05) is 25.1 Å². The highest BCUT2D eigenvalue weighted by Crippen LogP contribution is 2.08. The van der Waals surface area contributed by atoms with E-state index in [0.29, 0.717) is 5.71 Å². The third kappa shape index (κ3) is 1.78. The van der Waals surface area contributed by atoms with Gasteiger partial charge in [-0.3, -0.25) is 0 Å². The molecule has 12 heavy (non-hydrogen) atoms. The van der Waals surface area contributed by atoms with Crippen LogP contribution in [0.25, 0.3) is 5.57 Å². The average Bonchev–Trinajstić information content (AvgIpc) is 2.04. The second-order valence-corrected chi connectivity index (χ2v) is 2.81. The van der Waals surface area contributed by atoms with Crippen LogP contribution in [0.15, 0.2) is 24.8 Å². The SMILES string of the molecule is C=C(C)c1cccc(C(C)=N)n1. The van der Waals surface area contributed by atoms with Gasteiger partial charge in [-0.15, -0.1) is 0 Å². The molecule has 0 saturated carbocycles. The van der Waals surface area contributed by atoms with Gasteiger partial charge in [0.05, 0.1) is 17.1 Å². The third-order valence-electron chi connectivity index (χ3n) is 1.57. The lowest BCUT2D eigenvalue weighted by Gasteiger charge is -2.01. The summed E-state index contributed by atoms with van der Waals surface area (Å²) >= 11 is 0. The zero-order valence-electron chi connectivity index (χ0n) is 7.39. The second kappa shape index (κ2) is 3.30. The van der Waals surface area contributed by atoms with E-state index in [-0.39, 0.29) is 0 Å². The molecular formula is C10H12N2. The number of nitrogens with zero attached hydrogens (tertiary/aromatic N) is 1. The summed E-state index contributed by atoms with van der Waals surface area (Å²) in [6, 6.07) is 5.62. The maximum atomic E-state index is 7.38. The highest BCUT2D eigenvalue weighted by Gasteiger charge is 1.98. The van der Waals surface area contributed by atoms with Gasteiger partial charge in [-0.1, -0.05) is 12.6 Å². The van der Waals surface area contributed by atoms with E-state index in [9.17, 15) is 0 Å². The minimum atomic E-state index is 0.484. The van der Waals surface area contributed by atoms with E-state index in [2.05, 4.69) is 11.6 Å². The molecule has 0 bridgehead atoms. The second-order valence-electron chi connectivity index (χ2n) is 2.81. The number of hydrogen-bond acceptors (Lipinski definition) is 2. The van der Waals surface area contributed by atoms with Crippen molar-refractivity contribution in [2.45, 2.75) is 13.8 Å². The van der Waals surface area contributed by atoms with Gasteiger partial charge in [-0.05, 0) is 31.6 Å². The average molecular weight is 160 g/mol. The quantitative estimate of drug-likeness (QED) is 0.663. The van der Waals surface area contributed by atoms with Crippen molar-refractivity contribution in [2.24, 2.45) is 0 Å². The molecule has 0 spiro atoms. The van der Waals surface area contributed by atoms with Crippen molar-refractivity contribution in [3.8, 4) is 0 Å². The summed E-state index contributed by atoms with van der Waals surface area (Å²) in [6.07, 6.45) is 0. The van der Waals surface area contributed by atoms with Gasteiger partial charge >= 0.3 is 0 Å². The molecule has 1 heterocycles. The minimum absolute atomic E-state index is 0.484. The standard InChI is InChI=1S/C10H12N2/c1-7(2)9-5-4-6-10(12-9)8(3)11/h4-6,11H,1H2,2-3H3. The van der Waals surface area contributed by atoms with Crippen molar-refractivity contribution in [1.82, 2.24) is 4.98 Å². The summed E-state index contributed by atoms with van der Waals surface area (Å²) in [4.78, 5) is 4.25. The molecule has 1 aromatic heterocycles. The molecule has 0 aliphatic carbocycles. The van der Waals surface area contributed by atoms with E-state index >= 15 is 0 Å². The maximum Gasteiger partial charge on any atom is 0.0841 e. The van der Waals surface area contributed by atoms with Crippen molar-refractivity contribution in [2.75, 3.05) is 0 Å². The van der Waals surface area contributed by atoms with Gasteiger partial charge < -0.3 is 5.41 Å². The summed E-state index contributed by atoms with van der Waals surface area (Å²) < 4.78 is 0. The number of pyridine rings is 1. The monoisotopic (exact) mass is 160 g/mol. The lowest BCUT2D eigenvalue weighted by atomic mass is 10.2. The summed E-state index contributed by atoms with van der Waals surface area (Å²) in [5.74, 6) is 0. The Morgan fingerprint density at radius 2 is 1.92 bits per heavy atom. The maximum absolute atomic E-state index is 7.38. The molecule has 1 aromatic rings. The van der Waals surface area contributed by atoms with Gasteiger partial charge in [0, 0.05) is 0 Å². The fourth-order valence-electron chi connectivity index (χ4n) is 0.881. The van der Waals surface area contributed by atoms with Gasteiger partial charge in [0.25, 0.3) is 0 Å². The summed E-state index contributed by atoms with van der Waals surface area (Å²) in [5.41, 5.74) is 2.99. The van der Waals surface area contributed by atoms with E-state index in [1.54, 1.807) is 6.92 Å². The molecule has 0 unspecified atom stereocenters. The fourth-order valence-corrected chi connectivity index (χ4v) is 0.881. The van der Waals surface area contributed by atoms with Crippen molar-refractivity contribution < 1.29 is 0 Å². The van der Waals surface area contributed by atoms with Gasteiger partial charge in [0.2, 0.25) is 0 Å². The van der Waals surface area contributed by atoms with E-state index in [0.717, 1.165) is 17.0 Å². The molecule has 1 N–H and O–H groups in total. The van der Waals surface area contributed by atoms with Crippen LogP contribution in [0.5, 0.6) is 0 Å². The number of rotatable bonds is 2. The van der Waals surface area contributed by atoms with Gasteiger partial charge in [-0.25, -0.2) is 4.98 Å². The van der Waals surface area contributed by atoms with Crippen LogP contribution < -0.4 is 0 Å². The van der Waals surface area contributed by atoms with Crippen LogP contribution in [0.1, 0.15) is 25.2 Å². The summed E-state index contributed by atoms with van der Waals surface area (Å²) in [6.45, 7) is 7.43. The normalized spacial score (nSPS) is 9.50. The highest BCUT2D eigenvalue weighted by atomic mass is 14.7. The molecule has 0 aliphatic rings. The Hall–Kier alpha value is -1.44. The van der Waals surface area contributed by atoms with Crippen molar-refractivity contribution in [1.29, 1.82) is 5.41 Å². The Labute approximate surface area is 72.5 Å². The molecule has 0 aliphatic heterocycles. The first-order valence-electron chi connectivity index (χ1n) is 3.79. The summed E-state index contributed by atoms with van der Waals surface area (Å²) in [5, 5.41) is 7.38. The number of aromatic nitrogens is 1. The molecule has 0 saturated heterocycles. The smallest absolute Gasteiger partial charge is 0.0841 e. The van der Waals surface area contributed by atoms with E-state index in [1.165, 1.54) is 0 Å². The molecule has 2 heteroatoms. The molecular weight excluding hydrogens is 148 g/mol. The Morgan fingerprint density at radius 3 is 2.42 bits per heavy atom. The van der Waals surface area contributed by atoms with Crippen LogP contribution in [0, 0.1) is 5.41 Å². The molecule has 0 amide bonds. The van der Waals surface area contributed by atoms with Crippen LogP contribution >= 0.6 is 0 Å². The molecule has 0 fully saturated rings. The lowest BCUT2D eigenvalue weighted by molar-refractivity contribution is 1.22. The first-order valence-corrected chi connectivity index (χ1v) is 3.79. The summed E-state index contributed by atoms with van der Waals surface area (Å²) in [7, 11) is 0. The molecule has 0 radical (unpaired) electrons. The van der Waals surface area contributed by atoms with Crippen LogP contribution in [-0.4, -0.2) is 10.7 Å². The Morgan fingerprint density at radius 1 is 1.33 bits per heavy atom. The van der Waals surface area contributed by atoms with Gasteiger partial charge in [-0.2, -0.15) is 0 Å². The van der Waals surface area contributed by atoms with Gasteiger partial charge in [0.15, 0.2) is 0 Å². The molecule has 0 aromatic carbocycles. The topological polar surface area (TPSA) is 36.7 Å². The van der Waals surface area contributed by atoms with Crippen molar-refractivity contribution in [3.63, 3.8) is 0 Å². The zero-order chi connectivity index (χ0) is 9.14. The van der Waals surface area contributed by atoms with Crippen molar-refractivity contribution >= 4 is 11.3 Å². The lowest BCUT2D eigenvalue weighted by Crippen LogP contribution is -1.98. The number of hydrogen-bond donors (Lipinski definition) is 1. The third-order valence-corrected chi connectivity index (χ3v) is 1.57. The molecule has 62 valence electrons. The Bertz CT molecular complexity index is 297. The van der Waals surface area contributed by atoms with Crippen molar-refractivity contribution in [3.05, 3.63) is 36.2 Å². The van der Waals surface area contributed by atoms with E-state index < -0.39 is 0 Å². The predicted molar refractivity (Wildman–Crippen MR) is 51.4 cm³/mol. The predicted octanol–water partition coefficient (Wildman–Crippen LogP) is 2.50.